The van der Waals surface area contributed by atoms with Gasteiger partial charge in [-0.15, -0.1) is 6.58 Å². The van der Waals surface area contributed by atoms with E-state index in [-0.39, 0.29) is 17.7 Å². The molecule has 0 spiro atoms. The van der Waals surface area contributed by atoms with Crippen molar-refractivity contribution >= 4 is 5.91 Å². The number of aryl methyl sites for hydroxylation is 1. The number of fused-ring (bicyclic) bond motifs is 1. The third-order valence-corrected chi connectivity index (χ3v) is 9.01. The number of carbonyl (C=O) groups is 1. The number of nitrogens with zero attached hydrogens (tertiary/aromatic N) is 2. The van der Waals surface area contributed by atoms with E-state index in [9.17, 15) is 15.0 Å². The van der Waals surface area contributed by atoms with Crippen LogP contribution in [-0.2, 0) is 16.6 Å². The predicted molar refractivity (Wildman–Crippen MR) is 159 cm³/mol. The van der Waals surface area contributed by atoms with Crippen LogP contribution in [0.25, 0.3) is 0 Å². The molecule has 1 amide bonds. The molecule has 1 saturated carbocycles. The summed E-state index contributed by atoms with van der Waals surface area (Å²) in [4.78, 5) is 18.1. The largest absolute Gasteiger partial charge is 0.508 e. The molecule has 2 aromatic carbocycles. The molecule has 1 aliphatic heterocycles. The van der Waals surface area contributed by atoms with E-state index in [1.54, 1.807) is 6.07 Å². The predicted octanol–water partition coefficient (Wildman–Crippen LogP) is 6.09. The minimum atomic E-state index is -0.914. The quantitative estimate of drug-likeness (QED) is 0.256. The number of phenols is 1. The van der Waals surface area contributed by atoms with Gasteiger partial charge in [-0.25, -0.2) is 0 Å². The highest BCUT2D eigenvalue weighted by Gasteiger charge is 2.58. The Kier molecular flexibility index (Phi) is 9.90. The first kappa shape index (κ1) is 29.4. The van der Waals surface area contributed by atoms with E-state index in [2.05, 4.69) is 60.6 Å². The molecule has 39 heavy (non-hydrogen) atoms. The molecule has 2 aromatic rings. The van der Waals surface area contributed by atoms with E-state index < -0.39 is 11.0 Å². The Morgan fingerprint density at radius 1 is 1.13 bits per heavy atom. The molecule has 0 bridgehead atoms. The second-order valence-electron chi connectivity index (χ2n) is 12.3. The lowest BCUT2D eigenvalue weighted by molar-refractivity contribution is -0.149. The molecule has 1 saturated heterocycles. The number of β-amino-alcohol motifs (C(OH)–C–C–N with tert-alkyl or cyclic N) is 1. The minimum Gasteiger partial charge on any atom is -0.508 e. The number of piperidine rings is 1. The van der Waals surface area contributed by atoms with Crippen molar-refractivity contribution in [2.45, 2.75) is 88.7 Å². The van der Waals surface area contributed by atoms with Gasteiger partial charge >= 0.3 is 0 Å². The molecule has 0 radical (unpaired) electrons. The maximum Gasteiger partial charge on any atom is 0.222 e. The number of likely N-dealkylation sites (tertiary alicyclic amines) is 1. The molecule has 0 unspecified atom stereocenters. The summed E-state index contributed by atoms with van der Waals surface area (Å²) in [5.74, 6) is 0.846. The third kappa shape index (κ3) is 6.93. The van der Waals surface area contributed by atoms with Crippen molar-refractivity contribution in [3.63, 3.8) is 0 Å². The van der Waals surface area contributed by atoms with E-state index in [0.717, 1.165) is 70.1 Å². The van der Waals surface area contributed by atoms with Gasteiger partial charge in [0.2, 0.25) is 5.91 Å². The standard InChI is InChI=1S/C34H48N2O3/c1-4-21-35-22-20-33(29-15-11-16-31(37)23-29)24-30(18-19-34(33,39)26-35)36(25-27(2)3)32(38)17-10-6-9-14-28-12-7-5-8-13-28/h4-5,7-8,11-13,15-16,23,27,30,37,39H,1,6,9-10,14,17-22,24-26H2,2-3H3/t30-,33-,34-/m0/s1. The lowest BCUT2D eigenvalue weighted by Crippen LogP contribution is -2.67. The molecule has 2 N–H and O–H groups in total. The van der Waals surface area contributed by atoms with Gasteiger partial charge in [0, 0.05) is 37.5 Å². The first-order chi connectivity index (χ1) is 18.8. The molecular formula is C34H48N2O3. The van der Waals surface area contributed by atoms with Gasteiger partial charge in [0.25, 0.3) is 0 Å². The van der Waals surface area contributed by atoms with Gasteiger partial charge in [0.05, 0.1) is 5.60 Å². The number of hydrogen-bond donors (Lipinski definition) is 2. The van der Waals surface area contributed by atoms with Gasteiger partial charge in [-0.05, 0) is 80.7 Å². The molecule has 0 aromatic heterocycles. The first-order valence-corrected chi connectivity index (χ1v) is 14.9. The molecule has 5 heteroatoms. The van der Waals surface area contributed by atoms with Crippen LogP contribution in [0.5, 0.6) is 5.75 Å². The lowest BCUT2D eigenvalue weighted by atomic mass is 9.55. The lowest BCUT2D eigenvalue weighted by Gasteiger charge is -2.59. The number of aromatic hydroxyl groups is 1. The van der Waals surface area contributed by atoms with Crippen LogP contribution in [-0.4, -0.2) is 63.7 Å². The zero-order chi connectivity index (χ0) is 27.9. The SMILES string of the molecule is C=CCN1CC[C@@]2(c3cccc(O)c3)C[C@@H](N(CC(C)C)C(=O)CCCCCc3ccccc3)CC[C@]2(O)C1. The smallest absolute Gasteiger partial charge is 0.222 e. The molecule has 1 heterocycles. The average Bonchev–Trinajstić information content (AvgIpc) is 2.91. The fourth-order valence-corrected chi connectivity index (χ4v) is 7.06. The highest BCUT2D eigenvalue weighted by atomic mass is 16.3. The monoisotopic (exact) mass is 532 g/mol. The summed E-state index contributed by atoms with van der Waals surface area (Å²) < 4.78 is 0. The summed E-state index contributed by atoms with van der Waals surface area (Å²) in [6, 6.07) is 18.1. The van der Waals surface area contributed by atoms with E-state index in [1.165, 1.54) is 5.56 Å². The van der Waals surface area contributed by atoms with Crippen LogP contribution in [0.4, 0.5) is 0 Å². The van der Waals surface area contributed by atoms with Crippen molar-refractivity contribution in [3.05, 3.63) is 78.4 Å². The average molecular weight is 533 g/mol. The Bertz CT molecular complexity index is 1090. The highest BCUT2D eigenvalue weighted by Crippen LogP contribution is 2.53. The molecule has 1 aliphatic carbocycles. The van der Waals surface area contributed by atoms with Crippen molar-refractivity contribution in [2.75, 3.05) is 26.2 Å². The summed E-state index contributed by atoms with van der Waals surface area (Å²) in [6.45, 7) is 11.2. The van der Waals surface area contributed by atoms with E-state index in [0.29, 0.717) is 25.3 Å². The van der Waals surface area contributed by atoms with Crippen molar-refractivity contribution in [1.29, 1.82) is 0 Å². The summed E-state index contributed by atoms with van der Waals surface area (Å²) in [6.07, 6.45) is 9.54. The second kappa shape index (κ2) is 13.1. The summed E-state index contributed by atoms with van der Waals surface area (Å²) in [7, 11) is 0. The van der Waals surface area contributed by atoms with Crippen LogP contribution >= 0.6 is 0 Å². The van der Waals surface area contributed by atoms with Crippen molar-refractivity contribution < 1.29 is 15.0 Å². The first-order valence-electron chi connectivity index (χ1n) is 14.9. The van der Waals surface area contributed by atoms with Crippen LogP contribution in [0.1, 0.15) is 76.3 Å². The van der Waals surface area contributed by atoms with Crippen LogP contribution < -0.4 is 0 Å². The van der Waals surface area contributed by atoms with Gasteiger partial charge in [-0.3, -0.25) is 9.69 Å². The number of hydrogen-bond acceptors (Lipinski definition) is 4. The molecule has 3 atom stereocenters. The minimum absolute atomic E-state index is 0.0813. The topological polar surface area (TPSA) is 64.0 Å². The number of benzene rings is 2. The van der Waals surface area contributed by atoms with Gasteiger partial charge in [0.15, 0.2) is 0 Å². The number of carbonyl (C=O) groups excluding carboxylic acids is 1. The Labute approximate surface area is 235 Å². The van der Waals surface area contributed by atoms with Gasteiger partial charge < -0.3 is 15.1 Å². The Morgan fingerprint density at radius 2 is 1.92 bits per heavy atom. The maximum atomic E-state index is 13.7. The molecule has 4 rings (SSSR count). The third-order valence-electron chi connectivity index (χ3n) is 9.01. The van der Waals surface area contributed by atoms with Crippen LogP contribution in [0.15, 0.2) is 67.3 Å². The van der Waals surface area contributed by atoms with Crippen LogP contribution in [0, 0.1) is 5.92 Å². The normalized spacial score (nSPS) is 25.3. The summed E-state index contributed by atoms with van der Waals surface area (Å²) in [5, 5.41) is 22.6. The molecule has 2 aliphatic rings. The van der Waals surface area contributed by atoms with Crippen LogP contribution in [0.2, 0.25) is 0 Å². The number of rotatable bonds is 12. The number of unbranched alkanes of at least 4 members (excludes halogenated alkanes) is 2. The highest BCUT2D eigenvalue weighted by molar-refractivity contribution is 5.76. The number of phenolic OH excluding ortho intramolecular Hbond substituents is 1. The van der Waals surface area contributed by atoms with Crippen molar-refractivity contribution in [1.82, 2.24) is 9.80 Å². The Morgan fingerprint density at radius 3 is 2.64 bits per heavy atom. The van der Waals surface area contributed by atoms with E-state index >= 15 is 0 Å². The Balaban J connectivity index is 1.49. The van der Waals surface area contributed by atoms with Crippen molar-refractivity contribution in [3.8, 4) is 5.75 Å². The fraction of sp³-hybridized carbons (Fsp3) is 0.559. The molecule has 5 nitrogen and oxygen atoms in total. The zero-order valence-electron chi connectivity index (χ0n) is 24.0. The molecule has 212 valence electrons. The molecule has 2 fully saturated rings. The van der Waals surface area contributed by atoms with Crippen molar-refractivity contribution in [2.24, 2.45) is 5.92 Å². The zero-order valence-corrected chi connectivity index (χ0v) is 24.0. The van der Waals surface area contributed by atoms with Gasteiger partial charge in [0.1, 0.15) is 5.75 Å². The maximum absolute atomic E-state index is 13.7. The van der Waals surface area contributed by atoms with E-state index in [4.69, 9.17) is 0 Å². The molecular weight excluding hydrogens is 484 g/mol. The second-order valence-corrected chi connectivity index (χ2v) is 12.3. The fourth-order valence-electron chi connectivity index (χ4n) is 7.06. The van der Waals surface area contributed by atoms with Gasteiger partial charge in [-0.2, -0.15) is 0 Å². The summed E-state index contributed by atoms with van der Waals surface area (Å²) in [5.41, 5.74) is 0.933. The number of amides is 1. The van der Waals surface area contributed by atoms with Crippen LogP contribution in [0.3, 0.4) is 0 Å². The summed E-state index contributed by atoms with van der Waals surface area (Å²) >= 11 is 0. The Hall–Kier alpha value is -2.63. The van der Waals surface area contributed by atoms with Gasteiger partial charge in [-0.1, -0.05) is 68.8 Å². The number of aliphatic hydroxyl groups is 1. The van der Waals surface area contributed by atoms with E-state index in [1.807, 2.05) is 24.3 Å².